The summed E-state index contributed by atoms with van der Waals surface area (Å²) in [6, 6.07) is 3.79. The fourth-order valence-electron chi connectivity index (χ4n) is 1.40. The van der Waals surface area contributed by atoms with Crippen LogP contribution in [-0.4, -0.2) is 26.0 Å². The third-order valence-corrected chi connectivity index (χ3v) is 2.71. The molecule has 0 amide bonds. The molecule has 6 heteroatoms. The Hall–Kier alpha value is -1.56. The van der Waals surface area contributed by atoms with E-state index in [2.05, 4.69) is 30.9 Å². The van der Waals surface area contributed by atoms with Gasteiger partial charge in [0.05, 0.1) is 12.1 Å². The van der Waals surface area contributed by atoms with Gasteiger partial charge in [0.15, 0.2) is 0 Å². The summed E-state index contributed by atoms with van der Waals surface area (Å²) >= 11 is 3.36. The lowest BCUT2D eigenvalue weighted by molar-refractivity contribution is -0.137. The van der Waals surface area contributed by atoms with E-state index in [-0.39, 0.29) is 6.42 Å². The molecule has 5 nitrogen and oxygen atoms in total. The lowest BCUT2D eigenvalue weighted by Crippen LogP contribution is -1.98. The van der Waals surface area contributed by atoms with Gasteiger partial charge in [0.2, 0.25) is 0 Å². The molecule has 0 aromatic carbocycles. The summed E-state index contributed by atoms with van der Waals surface area (Å²) in [6.45, 7) is 0. The molecule has 0 spiro atoms. The molecule has 2 aromatic heterocycles. The standard InChI is InChI=1S/C10H10BrN3O2/c11-10-9(6-2-1-5-12-6)13-7(14-10)3-4-8(15)16/h1-2,5,12H,3-4H2,(H,13,14)(H,15,16). The zero-order valence-electron chi connectivity index (χ0n) is 8.33. The number of H-pyrrole nitrogens is 2. The molecule has 0 unspecified atom stereocenters. The molecular weight excluding hydrogens is 274 g/mol. The van der Waals surface area contributed by atoms with Crippen LogP contribution in [0.4, 0.5) is 0 Å². The van der Waals surface area contributed by atoms with Crippen molar-refractivity contribution in [3.05, 3.63) is 28.8 Å². The number of nitrogens with one attached hydrogen (secondary N) is 2. The van der Waals surface area contributed by atoms with Crippen molar-refractivity contribution in [3.63, 3.8) is 0 Å². The molecule has 0 saturated heterocycles. The fraction of sp³-hybridized carbons (Fsp3) is 0.200. The van der Waals surface area contributed by atoms with Crippen molar-refractivity contribution < 1.29 is 9.90 Å². The van der Waals surface area contributed by atoms with Gasteiger partial charge in [-0.2, -0.15) is 0 Å². The van der Waals surface area contributed by atoms with Crippen LogP contribution in [0.3, 0.4) is 0 Å². The zero-order valence-corrected chi connectivity index (χ0v) is 9.91. The maximum atomic E-state index is 10.4. The SMILES string of the molecule is O=C(O)CCc1nc(-c2ccc[nH]2)c(Br)[nH]1. The molecule has 0 aliphatic rings. The van der Waals surface area contributed by atoms with Crippen molar-refractivity contribution in [1.29, 1.82) is 0 Å². The Morgan fingerprint density at radius 2 is 2.38 bits per heavy atom. The molecule has 84 valence electrons. The van der Waals surface area contributed by atoms with Gasteiger partial charge >= 0.3 is 5.97 Å². The van der Waals surface area contributed by atoms with Gasteiger partial charge in [-0.1, -0.05) is 0 Å². The minimum absolute atomic E-state index is 0.0735. The highest BCUT2D eigenvalue weighted by molar-refractivity contribution is 9.10. The number of aryl methyl sites for hydroxylation is 1. The number of hydrogen-bond acceptors (Lipinski definition) is 2. The molecule has 0 bridgehead atoms. The van der Waals surface area contributed by atoms with Gasteiger partial charge in [0.25, 0.3) is 0 Å². The van der Waals surface area contributed by atoms with Crippen LogP contribution in [0.15, 0.2) is 22.9 Å². The average Bonchev–Trinajstić information content (AvgIpc) is 2.83. The summed E-state index contributed by atoms with van der Waals surface area (Å²) in [5.41, 5.74) is 1.66. The Kier molecular flexibility index (Phi) is 3.09. The topological polar surface area (TPSA) is 81.8 Å². The van der Waals surface area contributed by atoms with Gasteiger partial charge in [-0.05, 0) is 28.1 Å². The molecule has 3 N–H and O–H groups in total. The predicted molar refractivity (Wildman–Crippen MR) is 62.0 cm³/mol. The molecule has 0 aliphatic heterocycles. The number of aromatic amines is 2. The Morgan fingerprint density at radius 3 is 3.00 bits per heavy atom. The van der Waals surface area contributed by atoms with Crippen LogP contribution in [0.2, 0.25) is 0 Å². The number of aromatic nitrogens is 3. The summed E-state index contributed by atoms with van der Waals surface area (Å²) in [5, 5.41) is 8.58. The molecule has 0 aliphatic carbocycles. The number of carboxylic acids is 1. The number of hydrogen-bond donors (Lipinski definition) is 3. The minimum atomic E-state index is -0.825. The summed E-state index contributed by atoms with van der Waals surface area (Å²) in [6.07, 6.45) is 2.28. The van der Waals surface area contributed by atoms with E-state index in [1.807, 2.05) is 18.3 Å². The third-order valence-electron chi connectivity index (χ3n) is 2.14. The second-order valence-electron chi connectivity index (χ2n) is 3.32. The molecule has 0 saturated carbocycles. The van der Waals surface area contributed by atoms with Gasteiger partial charge in [-0.25, -0.2) is 4.98 Å². The molecule has 0 radical (unpaired) electrons. The highest BCUT2D eigenvalue weighted by Crippen LogP contribution is 2.24. The first-order valence-corrected chi connectivity index (χ1v) is 5.56. The Bertz CT molecular complexity index is 490. The number of imidazole rings is 1. The van der Waals surface area contributed by atoms with E-state index in [9.17, 15) is 4.79 Å². The maximum absolute atomic E-state index is 10.4. The lowest BCUT2D eigenvalue weighted by atomic mass is 10.3. The molecule has 0 fully saturated rings. The number of carbonyl (C=O) groups is 1. The van der Waals surface area contributed by atoms with E-state index in [0.29, 0.717) is 12.2 Å². The summed E-state index contributed by atoms with van der Waals surface area (Å²) in [4.78, 5) is 20.8. The van der Waals surface area contributed by atoms with Crippen molar-refractivity contribution in [2.24, 2.45) is 0 Å². The number of aliphatic carboxylic acids is 1. The van der Waals surface area contributed by atoms with Crippen molar-refractivity contribution in [3.8, 4) is 11.4 Å². The Labute approximate surface area is 100 Å². The molecule has 2 rings (SSSR count). The van der Waals surface area contributed by atoms with Crippen LogP contribution in [-0.2, 0) is 11.2 Å². The summed E-state index contributed by atoms with van der Waals surface area (Å²) < 4.78 is 0.760. The second-order valence-corrected chi connectivity index (χ2v) is 4.12. The number of rotatable bonds is 4. The molecule has 2 heterocycles. The quantitative estimate of drug-likeness (QED) is 0.804. The zero-order chi connectivity index (χ0) is 11.5. The van der Waals surface area contributed by atoms with Crippen molar-refractivity contribution in [2.45, 2.75) is 12.8 Å². The molecule has 16 heavy (non-hydrogen) atoms. The van der Waals surface area contributed by atoms with Crippen molar-refractivity contribution in [2.75, 3.05) is 0 Å². The van der Waals surface area contributed by atoms with Crippen LogP contribution in [0.25, 0.3) is 11.4 Å². The first-order valence-electron chi connectivity index (χ1n) is 4.77. The van der Waals surface area contributed by atoms with E-state index in [1.54, 1.807) is 0 Å². The number of nitrogens with zero attached hydrogens (tertiary/aromatic N) is 1. The fourth-order valence-corrected chi connectivity index (χ4v) is 1.93. The number of carboxylic acid groups (broad SMARTS) is 1. The van der Waals surface area contributed by atoms with Gasteiger partial charge < -0.3 is 15.1 Å². The van der Waals surface area contributed by atoms with Crippen molar-refractivity contribution in [1.82, 2.24) is 15.0 Å². The second kappa shape index (κ2) is 4.52. The molecule has 2 aromatic rings. The van der Waals surface area contributed by atoms with Gasteiger partial charge in [0, 0.05) is 12.6 Å². The first-order chi connectivity index (χ1) is 7.66. The van der Waals surface area contributed by atoms with Crippen LogP contribution in [0, 0.1) is 0 Å². The van der Waals surface area contributed by atoms with Gasteiger partial charge in [0.1, 0.15) is 16.1 Å². The van der Waals surface area contributed by atoms with E-state index in [1.165, 1.54) is 0 Å². The van der Waals surface area contributed by atoms with E-state index in [0.717, 1.165) is 16.0 Å². The minimum Gasteiger partial charge on any atom is -0.481 e. The monoisotopic (exact) mass is 283 g/mol. The van der Waals surface area contributed by atoms with Crippen LogP contribution < -0.4 is 0 Å². The smallest absolute Gasteiger partial charge is 0.303 e. The Balaban J connectivity index is 2.19. The van der Waals surface area contributed by atoms with Crippen LogP contribution in [0.5, 0.6) is 0 Å². The van der Waals surface area contributed by atoms with Crippen molar-refractivity contribution >= 4 is 21.9 Å². The highest BCUT2D eigenvalue weighted by Gasteiger charge is 2.11. The highest BCUT2D eigenvalue weighted by atomic mass is 79.9. The first kappa shape index (κ1) is 10.9. The molecule has 0 atom stereocenters. The summed E-state index contributed by atoms with van der Waals surface area (Å²) in [7, 11) is 0. The van der Waals surface area contributed by atoms with Crippen LogP contribution in [0.1, 0.15) is 12.2 Å². The van der Waals surface area contributed by atoms with E-state index >= 15 is 0 Å². The molecular formula is C10H10BrN3O2. The average molecular weight is 284 g/mol. The number of halogens is 1. The van der Waals surface area contributed by atoms with E-state index < -0.39 is 5.97 Å². The largest absolute Gasteiger partial charge is 0.481 e. The third kappa shape index (κ3) is 2.33. The maximum Gasteiger partial charge on any atom is 0.303 e. The van der Waals surface area contributed by atoms with Gasteiger partial charge in [-0.15, -0.1) is 0 Å². The van der Waals surface area contributed by atoms with Crippen LogP contribution >= 0.6 is 15.9 Å². The Morgan fingerprint density at radius 1 is 1.56 bits per heavy atom. The normalized spacial score (nSPS) is 10.6. The summed E-state index contributed by atoms with van der Waals surface area (Å²) in [5.74, 6) is -0.159. The van der Waals surface area contributed by atoms with E-state index in [4.69, 9.17) is 5.11 Å². The predicted octanol–water partition coefficient (Wildman–Crippen LogP) is 2.18. The lowest BCUT2D eigenvalue weighted by Gasteiger charge is -1.91. The van der Waals surface area contributed by atoms with Gasteiger partial charge in [-0.3, -0.25) is 4.79 Å².